The van der Waals surface area contributed by atoms with E-state index in [1.165, 1.54) is 13.4 Å². The molecule has 0 aromatic carbocycles. The lowest BCUT2D eigenvalue weighted by atomic mass is 10.5. The van der Waals surface area contributed by atoms with E-state index in [-0.39, 0.29) is 12.5 Å². The van der Waals surface area contributed by atoms with Crippen LogP contribution in [0.5, 0.6) is 0 Å². The molecule has 0 bridgehead atoms. The van der Waals surface area contributed by atoms with Gasteiger partial charge in [0.25, 0.3) is 0 Å². The Morgan fingerprint density at radius 3 is 2.62 bits per heavy atom. The number of nitrogens with zero attached hydrogens (tertiary/aromatic N) is 4. The molecule has 2 aromatic heterocycles. The first-order valence-corrected chi connectivity index (χ1v) is 9.08. The first-order valence-electron chi connectivity index (χ1n) is 7.23. The summed E-state index contributed by atoms with van der Waals surface area (Å²) in [5.41, 5.74) is 0. The zero-order chi connectivity index (χ0) is 17.6. The van der Waals surface area contributed by atoms with Crippen molar-refractivity contribution in [1.82, 2.24) is 24.2 Å². The lowest BCUT2D eigenvalue weighted by Crippen LogP contribution is -2.39. The minimum Gasteiger partial charge on any atom is -0.368 e. The van der Waals surface area contributed by atoms with Crippen LogP contribution in [-0.4, -0.2) is 66.1 Å². The predicted molar refractivity (Wildman–Crippen MR) is 90.3 cm³/mol. The van der Waals surface area contributed by atoms with Crippen LogP contribution in [0.15, 0.2) is 36.9 Å². The third kappa shape index (κ3) is 5.32. The Morgan fingerprint density at radius 1 is 1.25 bits per heavy atom. The summed E-state index contributed by atoms with van der Waals surface area (Å²) in [4.78, 5) is 19.9. The van der Waals surface area contributed by atoms with Gasteiger partial charge in [0, 0.05) is 38.6 Å². The summed E-state index contributed by atoms with van der Waals surface area (Å²) in [6.45, 7) is 0.597. The Hall–Kier alpha value is -2.46. The van der Waals surface area contributed by atoms with Gasteiger partial charge < -0.3 is 15.2 Å². The third-order valence-electron chi connectivity index (χ3n) is 3.21. The zero-order valence-electron chi connectivity index (χ0n) is 13.5. The van der Waals surface area contributed by atoms with Crippen LogP contribution in [0.3, 0.4) is 0 Å². The van der Waals surface area contributed by atoms with Gasteiger partial charge in [0.1, 0.15) is 18.0 Å². The highest BCUT2D eigenvalue weighted by Gasteiger charge is 2.14. The van der Waals surface area contributed by atoms with Crippen LogP contribution in [0.25, 0.3) is 5.82 Å². The van der Waals surface area contributed by atoms with Crippen molar-refractivity contribution in [1.29, 1.82) is 0 Å². The molecule has 0 aliphatic carbocycles. The third-order valence-corrected chi connectivity index (χ3v) is 4.47. The normalized spacial score (nSPS) is 11.5. The summed E-state index contributed by atoms with van der Waals surface area (Å²) in [5.74, 6) is 1.01. The van der Waals surface area contributed by atoms with Crippen LogP contribution < -0.4 is 10.6 Å². The smallest absolute Gasteiger partial charge is 0.235 e. The minimum atomic E-state index is -3.36. The highest BCUT2D eigenvalue weighted by atomic mass is 32.2. The van der Waals surface area contributed by atoms with Gasteiger partial charge in [-0.3, -0.25) is 4.79 Å². The molecule has 9 nitrogen and oxygen atoms in total. The fourth-order valence-corrected chi connectivity index (χ4v) is 2.19. The molecule has 0 unspecified atom stereocenters. The number of hydrogen-bond donors (Lipinski definition) is 2. The molecule has 0 aliphatic heterocycles. The van der Waals surface area contributed by atoms with Crippen molar-refractivity contribution in [3.8, 4) is 5.82 Å². The number of anilines is 1. The van der Waals surface area contributed by atoms with Crippen LogP contribution in [0, 0.1) is 0 Å². The molecule has 0 saturated heterocycles. The molecule has 0 spiro atoms. The van der Waals surface area contributed by atoms with E-state index in [0.29, 0.717) is 18.9 Å². The molecule has 2 aromatic rings. The van der Waals surface area contributed by atoms with Gasteiger partial charge in [-0.2, -0.15) is 4.31 Å². The van der Waals surface area contributed by atoms with E-state index < -0.39 is 10.0 Å². The number of sulfonamides is 1. The minimum absolute atomic E-state index is 0.204. The SMILES string of the molecule is CN(CC(=O)NCCNc1cc(-n2cccc2)ncn1)S(C)(=O)=O. The van der Waals surface area contributed by atoms with Crippen molar-refractivity contribution < 1.29 is 13.2 Å². The number of likely N-dealkylation sites (N-methyl/N-ethyl adjacent to an activating group) is 1. The number of nitrogens with one attached hydrogen (secondary N) is 2. The van der Waals surface area contributed by atoms with E-state index in [1.54, 1.807) is 6.07 Å². The Labute approximate surface area is 140 Å². The summed E-state index contributed by atoms with van der Waals surface area (Å²) in [7, 11) is -2.00. The Balaban J connectivity index is 1.77. The standard InChI is InChI=1S/C14H20N6O3S/c1-19(24(2,22)23)10-14(21)16-6-5-15-12-9-13(18-11-17-12)20-7-3-4-8-20/h3-4,7-9,11H,5-6,10H2,1-2H3,(H,16,21)(H,15,17,18). The number of carbonyl (C=O) groups is 1. The molecule has 10 heteroatoms. The molecular weight excluding hydrogens is 332 g/mol. The van der Waals surface area contributed by atoms with Crippen LogP contribution in [0.1, 0.15) is 0 Å². The van der Waals surface area contributed by atoms with Crippen LogP contribution in [0.4, 0.5) is 5.82 Å². The summed E-state index contributed by atoms with van der Waals surface area (Å²) in [5, 5.41) is 5.72. The predicted octanol–water partition coefficient (Wildman–Crippen LogP) is -0.313. The first kappa shape index (κ1) is 17.9. The molecule has 0 radical (unpaired) electrons. The number of aromatic nitrogens is 3. The summed E-state index contributed by atoms with van der Waals surface area (Å²) >= 11 is 0. The average molecular weight is 352 g/mol. The van der Waals surface area contributed by atoms with Crippen molar-refractivity contribution in [2.75, 3.05) is 38.3 Å². The van der Waals surface area contributed by atoms with E-state index in [9.17, 15) is 13.2 Å². The van der Waals surface area contributed by atoms with E-state index >= 15 is 0 Å². The molecular formula is C14H20N6O3S. The van der Waals surface area contributed by atoms with Crippen molar-refractivity contribution >= 4 is 21.7 Å². The monoisotopic (exact) mass is 352 g/mol. The van der Waals surface area contributed by atoms with Gasteiger partial charge in [-0.25, -0.2) is 18.4 Å². The molecule has 0 atom stereocenters. The fourth-order valence-electron chi connectivity index (χ4n) is 1.84. The van der Waals surface area contributed by atoms with Crippen LogP contribution in [-0.2, 0) is 14.8 Å². The Morgan fingerprint density at radius 2 is 1.96 bits per heavy atom. The topological polar surface area (TPSA) is 109 Å². The lowest BCUT2D eigenvalue weighted by Gasteiger charge is -2.14. The summed E-state index contributed by atoms with van der Waals surface area (Å²) in [6.07, 6.45) is 6.27. The van der Waals surface area contributed by atoms with Gasteiger partial charge >= 0.3 is 0 Å². The molecule has 24 heavy (non-hydrogen) atoms. The fraction of sp³-hybridized carbons (Fsp3) is 0.357. The second-order valence-electron chi connectivity index (χ2n) is 5.15. The van der Waals surface area contributed by atoms with E-state index in [4.69, 9.17) is 0 Å². The molecule has 130 valence electrons. The van der Waals surface area contributed by atoms with Gasteiger partial charge in [-0.15, -0.1) is 0 Å². The second-order valence-corrected chi connectivity index (χ2v) is 7.24. The van der Waals surface area contributed by atoms with Crippen molar-refractivity contribution in [3.05, 3.63) is 36.9 Å². The van der Waals surface area contributed by atoms with E-state index in [0.717, 1.165) is 16.4 Å². The number of rotatable bonds is 8. The van der Waals surface area contributed by atoms with Gasteiger partial charge in [0.15, 0.2) is 0 Å². The van der Waals surface area contributed by atoms with Gasteiger partial charge in [0.2, 0.25) is 15.9 Å². The van der Waals surface area contributed by atoms with Gasteiger partial charge in [-0.1, -0.05) is 0 Å². The molecule has 2 heterocycles. The Bertz CT molecular complexity index is 776. The second kappa shape index (κ2) is 7.88. The van der Waals surface area contributed by atoms with E-state index in [1.807, 2.05) is 29.1 Å². The molecule has 1 amide bonds. The summed E-state index contributed by atoms with van der Waals surface area (Å²) < 4.78 is 25.3. The largest absolute Gasteiger partial charge is 0.368 e. The van der Waals surface area contributed by atoms with Gasteiger partial charge in [0.05, 0.1) is 12.8 Å². The number of carbonyl (C=O) groups excluding carboxylic acids is 1. The Kier molecular flexibility index (Phi) is 5.88. The highest BCUT2D eigenvalue weighted by Crippen LogP contribution is 2.08. The lowest BCUT2D eigenvalue weighted by molar-refractivity contribution is -0.121. The maximum absolute atomic E-state index is 11.6. The van der Waals surface area contributed by atoms with Crippen molar-refractivity contribution in [3.63, 3.8) is 0 Å². The number of hydrogen-bond acceptors (Lipinski definition) is 6. The highest BCUT2D eigenvalue weighted by molar-refractivity contribution is 7.88. The number of amides is 1. The first-order chi connectivity index (χ1) is 11.4. The average Bonchev–Trinajstić information content (AvgIpc) is 3.05. The maximum Gasteiger partial charge on any atom is 0.235 e. The van der Waals surface area contributed by atoms with Crippen molar-refractivity contribution in [2.24, 2.45) is 0 Å². The quantitative estimate of drug-likeness (QED) is 0.631. The molecule has 2 N–H and O–H groups in total. The maximum atomic E-state index is 11.6. The van der Waals surface area contributed by atoms with Crippen LogP contribution >= 0.6 is 0 Å². The summed E-state index contributed by atoms with van der Waals surface area (Å²) in [6, 6.07) is 5.59. The van der Waals surface area contributed by atoms with Gasteiger partial charge in [-0.05, 0) is 12.1 Å². The van der Waals surface area contributed by atoms with Crippen LogP contribution in [0.2, 0.25) is 0 Å². The molecule has 2 rings (SSSR count). The molecule has 0 aliphatic rings. The molecule has 0 saturated carbocycles. The molecule has 0 fully saturated rings. The van der Waals surface area contributed by atoms with Crippen molar-refractivity contribution in [2.45, 2.75) is 0 Å². The van der Waals surface area contributed by atoms with E-state index in [2.05, 4.69) is 20.6 Å². The zero-order valence-corrected chi connectivity index (χ0v) is 14.3.